The standard InChI is InChI=1S/C18H24N2O/c1-11-12(2)21-13(3)16(11)18(19-4)15-9-5-7-14-8-6-10-20-17(14)15/h5-13,16,18-19H,1-4H3. The van der Waals surface area contributed by atoms with Gasteiger partial charge in [0.25, 0.3) is 0 Å². The predicted molar refractivity (Wildman–Crippen MR) is 86.2 cm³/mol. The SMILES string of the molecule is CNC(c1cccc2cccnc12)C1C(C)OC(C)C1C. The van der Waals surface area contributed by atoms with Gasteiger partial charge in [-0.1, -0.05) is 31.2 Å². The van der Waals surface area contributed by atoms with E-state index in [-0.39, 0.29) is 12.1 Å². The Bertz CT molecular complexity index is 622. The average Bonchev–Trinajstić information content (AvgIpc) is 2.75. The highest BCUT2D eigenvalue weighted by molar-refractivity contribution is 5.82. The number of benzene rings is 1. The molecule has 0 bridgehead atoms. The summed E-state index contributed by atoms with van der Waals surface area (Å²) in [6.45, 7) is 6.66. The minimum Gasteiger partial charge on any atom is -0.375 e. The summed E-state index contributed by atoms with van der Waals surface area (Å²) in [6.07, 6.45) is 2.44. The molecule has 21 heavy (non-hydrogen) atoms. The van der Waals surface area contributed by atoms with Crippen LogP contribution in [0.4, 0.5) is 0 Å². The van der Waals surface area contributed by atoms with Crippen molar-refractivity contribution in [2.75, 3.05) is 7.05 Å². The van der Waals surface area contributed by atoms with Crippen molar-refractivity contribution in [1.29, 1.82) is 0 Å². The van der Waals surface area contributed by atoms with Crippen LogP contribution < -0.4 is 5.32 Å². The van der Waals surface area contributed by atoms with Gasteiger partial charge in [-0.25, -0.2) is 0 Å². The summed E-state index contributed by atoms with van der Waals surface area (Å²) in [5, 5.41) is 4.71. The molecule has 112 valence electrons. The maximum atomic E-state index is 6.04. The molecule has 1 aromatic heterocycles. The summed E-state index contributed by atoms with van der Waals surface area (Å²) < 4.78 is 6.04. The van der Waals surface area contributed by atoms with Gasteiger partial charge in [0.1, 0.15) is 0 Å². The van der Waals surface area contributed by atoms with Crippen LogP contribution in [0, 0.1) is 11.8 Å². The highest BCUT2D eigenvalue weighted by atomic mass is 16.5. The Morgan fingerprint density at radius 2 is 1.86 bits per heavy atom. The van der Waals surface area contributed by atoms with Gasteiger partial charge in [-0.3, -0.25) is 4.98 Å². The quantitative estimate of drug-likeness (QED) is 0.936. The van der Waals surface area contributed by atoms with Crippen LogP contribution in [-0.2, 0) is 4.74 Å². The van der Waals surface area contributed by atoms with E-state index in [2.05, 4.69) is 55.3 Å². The molecule has 1 aliphatic rings. The van der Waals surface area contributed by atoms with Crippen molar-refractivity contribution in [1.82, 2.24) is 10.3 Å². The lowest BCUT2D eigenvalue weighted by Gasteiger charge is -2.29. The molecule has 1 saturated heterocycles. The minimum atomic E-state index is 0.256. The van der Waals surface area contributed by atoms with Gasteiger partial charge < -0.3 is 10.1 Å². The normalized spacial score (nSPS) is 30.7. The molecule has 2 aromatic rings. The molecule has 3 nitrogen and oxygen atoms in total. The Kier molecular flexibility index (Phi) is 3.96. The topological polar surface area (TPSA) is 34.2 Å². The van der Waals surface area contributed by atoms with Crippen molar-refractivity contribution in [3.63, 3.8) is 0 Å². The van der Waals surface area contributed by atoms with Crippen LogP contribution in [-0.4, -0.2) is 24.2 Å². The number of para-hydroxylation sites is 1. The van der Waals surface area contributed by atoms with E-state index in [4.69, 9.17) is 4.74 Å². The molecule has 5 atom stereocenters. The third-order valence-electron chi connectivity index (χ3n) is 5.01. The number of hydrogen-bond acceptors (Lipinski definition) is 3. The lowest BCUT2D eigenvalue weighted by atomic mass is 9.80. The molecule has 1 fully saturated rings. The molecule has 3 heteroatoms. The first-order valence-electron chi connectivity index (χ1n) is 7.80. The zero-order valence-corrected chi connectivity index (χ0v) is 13.2. The maximum absolute atomic E-state index is 6.04. The largest absolute Gasteiger partial charge is 0.375 e. The highest BCUT2D eigenvalue weighted by Gasteiger charge is 2.42. The monoisotopic (exact) mass is 284 g/mol. The van der Waals surface area contributed by atoms with E-state index in [0.29, 0.717) is 17.9 Å². The van der Waals surface area contributed by atoms with Crippen molar-refractivity contribution < 1.29 is 4.74 Å². The molecule has 1 aromatic carbocycles. The molecule has 1 aliphatic heterocycles. The van der Waals surface area contributed by atoms with Gasteiger partial charge in [0.2, 0.25) is 0 Å². The molecule has 0 amide bonds. The van der Waals surface area contributed by atoms with Crippen molar-refractivity contribution >= 4 is 10.9 Å². The van der Waals surface area contributed by atoms with Crippen LogP contribution in [0.25, 0.3) is 10.9 Å². The summed E-state index contributed by atoms with van der Waals surface area (Å²) in [5.74, 6) is 0.981. The second kappa shape index (κ2) is 5.74. The number of nitrogens with one attached hydrogen (secondary N) is 1. The second-order valence-corrected chi connectivity index (χ2v) is 6.17. The van der Waals surface area contributed by atoms with Crippen molar-refractivity contribution in [2.45, 2.75) is 39.0 Å². The first-order valence-corrected chi connectivity index (χ1v) is 7.80. The third-order valence-corrected chi connectivity index (χ3v) is 5.01. The van der Waals surface area contributed by atoms with Crippen molar-refractivity contribution in [3.8, 4) is 0 Å². The molecule has 0 saturated carbocycles. The van der Waals surface area contributed by atoms with Crippen LogP contribution in [0.15, 0.2) is 36.5 Å². The predicted octanol–water partition coefficient (Wildman–Crippen LogP) is 3.55. The number of fused-ring (bicyclic) bond motifs is 1. The molecule has 2 heterocycles. The smallest absolute Gasteiger partial charge is 0.0749 e. The van der Waals surface area contributed by atoms with Crippen molar-refractivity contribution in [3.05, 3.63) is 42.1 Å². The Labute approximate surface area is 126 Å². The van der Waals surface area contributed by atoms with E-state index >= 15 is 0 Å². The molecular weight excluding hydrogens is 260 g/mol. The van der Waals surface area contributed by atoms with Gasteiger partial charge >= 0.3 is 0 Å². The Morgan fingerprint density at radius 3 is 2.52 bits per heavy atom. The fourth-order valence-electron chi connectivity index (χ4n) is 3.80. The molecular formula is C18H24N2O. The molecule has 0 aliphatic carbocycles. The number of ether oxygens (including phenoxy) is 1. The minimum absolute atomic E-state index is 0.256. The van der Waals surface area contributed by atoms with E-state index in [1.807, 2.05) is 19.3 Å². The summed E-state index contributed by atoms with van der Waals surface area (Å²) in [7, 11) is 2.04. The highest BCUT2D eigenvalue weighted by Crippen LogP contribution is 2.41. The van der Waals surface area contributed by atoms with Gasteiger partial charge in [0, 0.05) is 23.5 Å². The summed E-state index contributed by atoms with van der Waals surface area (Å²) >= 11 is 0. The zero-order valence-electron chi connectivity index (χ0n) is 13.2. The molecule has 0 radical (unpaired) electrons. The first kappa shape index (κ1) is 14.5. The van der Waals surface area contributed by atoms with Gasteiger partial charge in [-0.15, -0.1) is 0 Å². The van der Waals surface area contributed by atoms with Gasteiger partial charge in [-0.05, 0) is 38.4 Å². The van der Waals surface area contributed by atoms with E-state index in [9.17, 15) is 0 Å². The molecule has 3 rings (SSSR count). The van der Waals surface area contributed by atoms with Gasteiger partial charge in [-0.2, -0.15) is 0 Å². The third kappa shape index (κ3) is 2.45. The summed E-state index contributed by atoms with van der Waals surface area (Å²) in [5.41, 5.74) is 2.37. The zero-order chi connectivity index (χ0) is 15.0. The van der Waals surface area contributed by atoms with Crippen LogP contribution in [0.1, 0.15) is 32.4 Å². The fraction of sp³-hybridized carbons (Fsp3) is 0.500. The van der Waals surface area contributed by atoms with Crippen molar-refractivity contribution in [2.24, 2.45) is 11.8 Å². The van der Waals surface area contributed by atoms with Crippen LogP contribution in [0.5, 0.6) is 0 Å². The average molecular weight is 284 g/mol. The number of rotatable bonds is 3. The first-order chi connectivity index (χ1) is 10.1. The number of aromatic nitrogens is 1. The Morgan fingerprint density at radius 1 is 1.10 bits per heavy atom. The maximum Gasteiger partial charge on any atom is 0.0749 e. The lowest BCUT2D eigenvalue weighted by Crippen LogP contribution is -2.33. The van der Waals surface area contributed by atoms with E-state index in [1.165, 1.54) is 10.9 Å². The Hall–Kier alpha value is -1.45. The van der Waals surface area contributed by atoms with Gasteiger partial charge in [0.05, 0.1) is 17.7 Å². The fourth-order valence-corrected chi connectivity index (χ4v) is 3.80. The van der Waals surface area contributed by atoms with Crippen LogP contribution in [0.2, 0.25) is 0 Å². The van der Waals surface area contributed by atoms with E-state index in [0.717, 1.165) is 5.52 Å². The number of nitrogens with zero attached hydrogens (tertiary/aromatic N) is 1. The second-order valence-electron chi connectivity index (χ2n) is 6.17. The molecule has 1 N–H and O–H groups in total. The summed E-state index contributed by atoms with van der Waals surface area (Å²) in [4.78, 5) is 4.61. The number of pyridine rings is 1. The van der Waals surface area contributed by atoms with Gasteiger partial charge in [0.15, 0.2) is 0 Å². The Balaban J connectivity index is 2.07. The number of hydrogen-bond donors (Lipinski definition) is 1. The van der Waals surface area contributed by atoms with E-state index < -0.39 is 0 Å². The summed E-state index contributed by atoms with van der Waals surface area (Å²) in [6, 6.07) is 10.8. The molecule has 0 spiro atoms. The lowest BCUT2D eigenvalue weighted by molar-refractivity contribution is 0.0478. The van der Waals surface area contributed by atoms with Crippen LogP contribution in [0.3, 0.4) is 0 Å². The molecule has 5 unspecified atom stereocenters. The van der Waals surface area contributed by atoms with E-state index in [1.54, 1.807) is 0 Å². The van der Waals surface area contributed by atoms with Crippen LogP contribution >= 0.6 is 0 Å².